The summed E-state index contributed by atoms with van der Waals surface area (Å²) in [5.74, 6) is 0.919. The van der Waals surface area contributed by atoms with Gasteiger partial charge in [0.2, 0.25) is 0 Å². The summed E-state index contributed by atoms with van der Waals surface area (Å²) in [6, 6.07) is 8.18. The Morgan fingerprint density at radius 1 is 1.14 bits per heavy atom. The van der Waals surface area contributed by atoms with Crippen LogP contribution in [0.1, 0.15) is 31.9 Å². The molecule has 1 aromatic heterocycles. The van der Waals surface area contributed by atoms with Crippen LogP contribution in [0.2, 0.25) is 0 Å². The molecule has 0 spiro atoms. The lowest BCUT2D eigenvalue weighted by atomic mass is 10.2. The molecule has 0 unspecified atom stereocenters. The molecule has 0 aliphatic rings. The second-order valence-corrected chi connectivity index (χ2v) is 5.98. The lowest BCUT2D eigenvalue weighted by Crippen LogP contribution is -2.22. The molecule has 4 heteroatoms. The highest BCUT2D eigenvalue weighted by Crippen LogP contribution is 2.25. The summed E-state index contributed by atoms with van der Waals surface area (Å²) in [4.78, 5) is 4.49. The average molecular weight is 304 g/mol. The maximum atomic E-state index is 5.73. The summed E-state index contributed by atoms with van der Waals surface area (Å²) in [5, 5.41) is 6.54. The van der Waals surface area contributed by atoms with E-state index in [-0.39, 0.29) is 0 Å². The number of hydrogen-bond acceptors (Lipinski definition) is 4. The van der Waals surface area contributed by atoms with Crippen LogP contribution < -0.4 is 10.1 Å². The van der Waals surface area contributed by atoms with E-state index in [1.54, 1.807) is 11.3 Å². The Morgan fingerprint density at radius 2 is 1.95 bits per heavy atom. The molecule has 0 atom stereocenters. The number of thiazole rings is 1. The third-order valence-corrected chi connectivity index (χ3v) is 4.23. The van der Waals surface area contributed by atoms with Crippen LogP contribution in [0.5, 0.6) is 5.75 Å². The Morgan fingerprint density at radius 3 is 2.62 bits per heavy atom. The highest BCUT2D eigenvalue weighted by atomic mass is 32.1. The summed E-state index contributed by atoms with van der Waals surface area (Å²) >= 11 is 1.68. The predicted molar refractivity (Wildman–Crippen MR) is 90.2 cm³/mol. The van der Waals surface area contributed by atoms with Gasteiger partial charge in [-0.05, 0) is 44.2 Å². The topological polar surface area (TPSA) is 34.1 Å². The van der Waals surface area contributed by atoms with Gasteiger partial charge >= 0.3 is 0 Å². The number of ether oxygens (including phenoxy) is 1. The van der Waals surface area contributed by atoms with Crippen molar-refractivity contribution in [3.63, 3.8) is 0 Å². The van der Waals surface area contributed by atoms with Crippen LogP contribution in [0.3, 0.4) is 0 Å². The van der Waals surface area contributed by atoms with Gasteiger partial charge < -0.3 is 10.1 Å². The molecule has 1 heterocycles. The smallest absolute Gasteiger partial charge is 0.123 e. The molecule has 1 aromatic carbocycles. The van der Waals surface area contributed by atoms with Gasteiger partial charge in [-0.2, -0.15) is 0 Å². The fraction of sp³-hybridized carbons (Fsp3) is 0.471. The fourth-order valence-corrected chi connectivity index (χ4v) is 2.85. The number of hydrogen-bond donors (Lipinski definition) is 1. The van der Waals surface area contributed by atoms with Crippen molar-refractivity contribution >= 4 is 11.3 Å². The molecule has 0 radical (unpaired) electrons. The zero-order valence-corrected chi connectivity index (χ0v) is 13.7. The summed E-state index contributed by atoms with van der Waals surface area (Å²) < 4.78 is 5.73. The average Bonchev–Trinajstić information content (AvgIpc) is 2.93. The van der Waals surface area contributed by atoms with Gasteiger partial charge in [0.15, 0.2) is 0 Å². The third-order valence-electron chi connectivity index (χ3n) is 3.22. The quantitative estimate of drug-likeness (QED) is 0.702. The molecule has 0 amide bonds. The maximum Gasteiger partial charge on any atom is 0.123 e. The van der Waals surface area contributed by atoms with Crippen LogP contribution in [0.4, 0.5) is 0 Å². The van der Waals surface area contributed by atoms with E-state index in [1.807, 2.05) is 19.1 Å². The Kier molecular flexibility index (Phi) is 6.70. The van der Waals surface area contributed by atoms with Gasteiger partial charge in [0, 0.05) is 23.2 Å². The van der Waals surface area contributed by atoms with Crippen molar-refractivity contribution in [2.24, 2.45) is 0 Å². The van der Waals surface area contributed by atoms with Crippen molar-refractivity contribution in [3.05, 3.63) is 35.3 Å². The van der Waals surface area contributed by atoms with Crippen LogP contribution in [0.15, 0.2) is 29.6 Å². The molecule has 21 heavy (non-hydrogen) atoms. The Labute approximate surface area is 131 Å². The fourth-order valence-electron chi connectivity index (χ4n) is 2.05. The van der Waals surface area contributed by atoms with Crippen molar-refractivity contribution in [2.45, 2.75) is 33.1 Å². The van der Waals surface area contributed by atoms with Gasteiger partial charge in [-0.1, -0.05) is 19.8 Å². The largest absolute Gasteiger partial charge is 0.492 e. The molecular formula is C17H24N2OS. The zero-order chi connectivity index (χ0) is 14.9. The Hall–Kier alpha value is -1.39. The van der Waals surface area contributed by atoms with E-state index >= 15 is 0 Å². The van der Waals surface area contributed by atoms with Gasteiger partial charge in [0.25, 0.3) is 0 Å². The minimum absolute atomic E-state index is 0.710. The number of aryl methyl sites for hydroxylation is 1. The molecule has 3 nitrogen and oxygen atoms in total. The first kappa shape index (κ1) is 16.0. The molecule has 0 fully saturated rings. The van der Waals surface area contributed by atoms with Crippen LogP contribution in [-0.4, -0.2) is 24.7 Å². The second-order valence-electron chi connectivity index (χ2n) is 5.12. The lowest BCUT2D eigenvalue weighted by molar-refractivity contribution is 0.313. The van der Waals surface area contributed by atoms with Crippen molar-refractivity contribution < 1.29 is 4.74 Å². The molecule has 2 rings (SSSR count). The number of rotatable bonds is 9. The number of aromatic nitrogens is 1. The third kappa shape index (κ3) is 5.48. The Balaban J connectivity index is 1.70. The highest BCUT2D eigenvalue weighted by Gasteiger charge is 2.02. The summed E-state index contributed by atoms with van der Waals surface area (Å²) in [6.07, 6.45) is 3.81. The highest BCUT2D eigenvalue weighted by molar-refractivity contribution is 7.13. The molecule has 2 aromatic rings. The normalized spacial score (nSPS) is 10.8. The summed E-state index contributed by atoms with van der Waals surface area (Å²) in [5.41, 5.74) is 2.22. The van der Waals surface area contributed by atoms with E-state index < -0.39 is 0 Å². The SMILES string of the molecule is CCCCCNCCOc1ccc(-c2nc(C)cs2)cc1. The molecule has 0 aliphatic carbocycles. The number of nitrogens with zero attached hydrogens (tertiary/aromatic N) is 1. The molecular weight excluding hydrogens is 280 g/mol. The van der Waals surface area contributed by atoms with E-state index in [0.717, 1.165) is 35.1 Å². The minimum atomic E-state index is 0.710. The molecule has 0 saturated heterocycles. The predicted octanol–water partition coefficient (Wildman–Crippen LogP) is 4.28. The first-order valence-corrected chi connectivity index (χ1v) is 8.53. The molecule has 0 bridgehead atoms. The van der Waals surface area contributed by atoms with Crippen LogP contribution in [-0.2, 0) is 0 Å². The van der Waals surface area contributed by atoms with Gasteiger partial charge in [0.05, 0.1) is 0 Å². The van der Waals surface area contributed by atoms with Crippen molar-refractivity contribution in [1.82, 2.24) is 10.3 Å². The number of unbranched alkanes of at least 4 members (excludes halogenated alkanes) is 2. The van der Waals surface area contributed by atoms with E-state index in [0.29, 0.717) is 6.61 Å². The second kappa shape index (κ2) is 8.80. The number of benzene rings is 1. The maximum absolute atomic E-state index is 5.73. The van der Waals surface area contributed by atoms with Gasteiger partial charge in [0.1, 0.15) is 17.4 Å². The van der Waals surface area contributed by atoms with Gasteiger partial charge in [-0.3, -0.25) is 0 Å². The van der Waals surface area contributed by atoms with Crippen LogP contribution >= 0.6 is 11.3 Å². The molecule has 1 N–H and O–H groups in total. The molecule has 114 valence electrons. The summed E-state index contributed by atoms with van der Waals surface area (Å²) in [7, 11) is 0. The first-order chi connectivity index (χ1) is 10.3. The van der Waals surface area contributed by atoms with Gasteiger partial charge in [-0.25, -0.2) is 4.98 Å². The van der Waals surface area contributed by atoms with Crippen LogP contribution in [0.25, 0.3) is 10.6 Å². The van der Waals surface area contributed by atoms with Crippen LogP contribution in [0, 0.1) is 6.92 Å². The van der Waals surface area contributed by atoms with E-state index in [9.17, 15) is 0 Å². The zero-order valence-electron chi connectivity index (χ0n) is 12.9. The summed E-state index contributed by atoms with van der Waals surface area (Å²) in [6.45, 7) is 6.93. The minimum Gasteiger partial charge on any atom is -0.492 e. The van der Waals surface area contributed by atoms with Crippen molar-refractivity contribution in [2.75, 3.05) is 19.7 Å². The van der Waals surface area contributed by atoms with E-state index in [4.69, 9.17) is 4.74 Å². The first-order valence-electron chi connectivity index (χ1n) is 7.65. The standard InChI is InChI=1S/C17H24N2OS/c1-3-4-5-10-18-11-12-20-16-8-6-15(7-9-16)17-19-14(2)13-21-17/h6-9,13,18H,3-5,10-12H2,1-2H3. The number of nitrogens with one attached hydrogen (secondary N) is 1. The van der Waals surface area contributed by atoms with E-state index in [1.165, 1.54) is 19.3 Å². The monoisotopic (exact) mass is 304 g/mol. The molecule has 0 saturated carbocycles. The lowest BCUT2D eigenvalue weighted by Gasteiger charge is -2.07. The van der Waals surface area contributed by atoms with E-state index in [2.05, 4.69) is 34.7 Å². The van der Waals surface area contributed by atoms with Crippen molar-refractivity contribution in [1.29, 1.82) is 0 Å². The molecule has 0 aliphatic heterocycles. The Bertz CT molecular complexity index is 522. The van der Waals surface area contributed by atoms with Crippen molar-refractivity contribution in [3.8, 4) is 16.3 Å². The van der Waals surface area contributed by atoms with Gasteiger partial charge in [-0.15, -0.1) is 11.3 Å².